The van der Waals surface area contributed by atoms with Gasteiger partial charge in [-0.1, -0.05) is 55.2 Å². The van der Waals surface area contributed by atoms with Crippen molar-refractivity contribution in [3.05, 3.63) is 69.7 Å². The summed E-state index contributed by atoms with van der Waals surface area (Å²) in [7, 11) is 0. The highest BCUT2D eigenvalue weighted by Crippen LogP contribution is 2.46. The van der Waals surface area contributed by atoms with Gasteiger partial charge >= 0.3 is 0 Å². The maximum Gasteiger partial charge on any atom is 0.207 e. The molecule has 0 aliphatic carbocycles. The standard InChI is InChI=1S/C17H20ClFN2.C6H4ClF.C5H11NO3/c1-17(2)6-7-21-10-13(12(9-20)15(21)8-17)11-4-3-5-14(18)16(11)19;7-5-2-1-3-6(8)4-5;7-3-5(9)1-2-6-4-8/h3-5,12-13,15H,6-8,10H2,1-2H3;1-4H;4-5,7,9H,1-3H2,(H,6,8). The number of carbonyl (C=O) groups is 1. The fourth-order valence-electron chi connectivity index (χ4n) is 4.76. The second-order valence-electron chi connectivity index (χ2n) is 10.2. The Morgan fingerprint density at radius 1 is 1.26 bits per heavy atom. The van der Waals surface area contributed by atoms with Gasteiger partial charge in [-0.25, -0.2) is 8.78 Å². The first kappa shape index (κ1) is 31.9. The van der Waals surface area contributed by atoms with Crippen LogP contribution in [-0.4, -0.2) is 59.9 Å². The Balaban J connectivity index is 0.000000246. The van der Waals surface area contributed by atoms with Crippen molar-refractivity contribution in [3.63, 3.8) is 0 Å². The lowest BCUT2D eigenvalue weighted by Crippen LogP contribution is -2.43. The van der Waals surface area contributed by atoms with Crippen molar-refractivity contribution in [2.45, 2.75) is 51.2 Å². The third-order valence-corrected chi connectivity index (χ3v) is 7.35. The number of rotatable bonds is 6. The monoisotopic (exact) mass is 569 g/mol. The van der Waals surface area contributed by atoms with E-state index >= 15 is 0 Å². The second kappa shape index (κ2) is 15.3. The van der Waals surface area contributed by atoms with Crippen LogP contribution in [-0.2, 0) is 4.79 Å². The minimum absolute atomic E-state index is 0.0763. The van der Waals surface area contributed by atoms with Crippen LogP contribution >= 0.6 is 23.2 Å². The molecule has 2 aromatic rings. The number of aliphatic hydroxyl groups is 2. The number of nitrogens with one attached hydrogen (secondary N) is 1. The van der Waals surface area contributed by atoms with E-state index in [1.165, 1.54) is 12.1 Å². The first-order valence-corrected chi connectivity index (χ1v) is 13.2. The number of amides is 1. The molecule has 2 fully saturated rings. The van der Waals surface area contributed by atoms with Crippen molar-refractivity contribution in [3.8, 4) is 6.07 Å². The third-order valence-electron chi connectivity index (χ3n) is 6.82. The second-order valence-corrected chi connectivity index (χ2v) is 11.1. The minimum atomic E-state index is -0.711. The Bertz CT molecular complexity index is 1070. The van der Waals surface area contributed by atoms with Crippen molar-refractivity contribution >= 4 is 29.6 Å². The molecule has 3 N–H and O–H groups in total. The molecule has 0 saturated carbocycles. The average molecular weight is 571 g/mol. The Hall–Kier alpha value is -2.28. The molecule has 4 rings (SSSR count). The predicted molar refractivity (Wildman–Crippen MR) is 145 cm³/mol. The van der Waals surface area contributed by atoms with Crippen LogP contribution in [0.4, 0.5) is 8.78 Å². The zero-order valence-electron chi connectivity index (χ0n) is 21.6. The molecule has 0 radical (unpaired) electrons. The van der Waals surface area contributed by atoms with Crippen molar-refractivity contribution in [1.82, 2.24) is 10.2 Å². The van der Waals surface area contributed by atoms with Gasteiger partial charge in [0.15, 0.2) is 0 Å². The van der Waals surface area contributed by atoms with E-state index < -0.39 is 6.10 Å². The van der Waals surface area contributed by atoms with E-state index in [9.17, 15) is 18.8 Å². The van der Waals surface area contributed by atoms with Crippen molar-refractivity contribution in [2.75, 3.05) is 26.2 Å². The summed E-state index contributed by atoms with van der Waals surface area (Å²) in [5.74, 6) is -0.883. The zero-order valence-corrected chi connectivity index (χ0v) is 23.1. The van der Waals surface area contributed by atoms with Crippen LogP contribution in [0.3, 0.4) is 0 Å². The van der Waals surface area contributed by atoms with Gasteiger partial charge < -0.3 is 15.5 Å². The van der Waals surface area contributed by atoms with Crippen LogP contribution in [0.5, 0.6) is 0 Å². The summed E-state index contributed by atoms with van der Waals surface area (Å²) >= 11 is 11.3. The molecule has 6 nitrogen and oxygen atoms in total. The van der Waals surface area contributed by atoms with Crippen LogP contribution in [0.25, 0.3) is 0 Å². The molecule has 2 aliphatic heterocycles. The summed E-state index contributed by atoms with van der Waals surface area (Å²) in [4.78, 5) is 12.0. The summed E-state index contributed by atoms with van der Waals surface area (Å²) in [6, 6.07) is 13.6. The number of halogens is 4. The summed E-state index contributed by atoms with van der Waals surface area (Å²) in [5.41, 5.74) is 0.860. The molecule has 4 unspecified atom stereocenters. The zero-order chi connectivity index (χ0) is 28.3. The van der Waals surface area contributed by atoms with Gasteiger partial charge in [-0.05, 0) is 61.1 Å². The van der Waals surface area contributed by atoms with E-state index in [2.05, 4.69) is 30.1 Å². The quantitative estimate of drug-likeness (QED) is 0.330. The van der Waals surface area contributed by atoms with Gasteiger partial charge in [0.2, 0.25) is 6.41 Å². The average Bonchev–Trinajstić information content (AvgIpc) is 3.22. The van der Waals surface area contributed by atoms with Gasteiger partial charge in [-0.2, -0.15) is 5.26 Å². The van der Waals surface area contributed by atoms with Crippen LogP contribution in [0, 0.1) is 34.3 Å². The topological polar surface area (TPSA) is 96.6 Å². The molecule has 208 valence electrons. The number of piperidine rings is 1. The Kier molecular flexibility index (Phi) is 12.9. The fraction of sp³-hybridized carbons (Fsp3) is 0.500. The summed E-state index contributed by atoms with van der Waals surface area (Å²) in [5, 5.41) is 29.5. The molecule has 1 amide bonds. The number of benzene rings is 2. The maximum atomic E-state index is 14.3. The number of fused-ring (bicyclic) bond motifs is 1. The number of hydrogen-bond donors (Lipinski definition) is 3. The summed E-state index contributed by atoms with van der Waals surface area (Å²) < 4.78 is 26.4. The largest absolute Gasteiger partial charge is 0.394 e. The molecular weight excluding hydrogens is 535 g/mol. The van der Waals surface area contributed by atoms with Gasteiger partial charge in [0.1, 0.15) is 11.6 Å². The minimum Gasteiger partial charge on any atom is -0.394 e. The SMILES string of the molecule is CC1(C)CCN2CC(c3cccc(Cl)c3F)C(C#N)C2C1.Fc1cccc(Cl)c1.O=CNCCC(O)CO. The van der Waals surface area contributed by atoms with Crippen LogP contribution in [0.1, 0.15) is 44.6 Å². The highest BCUT2D eigenvalue weighted by molar-refractivity contribution is 6.31. The normalized spacial score (nSPS) is 22.4. The van der Waals surface area contributed by atoms with Crippen LogP contribution < -0.4 is 5.32 Å². The number of aliphatic hydroxyl groups excluding tert-OH is 2. The van der Waals surface area contributed by atoms with E-state index in [0.29, 0.717) is 30.0 Å². The van der Waals surface area contributed by atoms with E-state index in [4.69, 9.17) is 33.4 Å². The van der Waals surface area contributed by atoms with Crippen LogP contribution in [0.2, 0.25) is 10.0 Å². The van der Waals surface area contributed by atoms with Gasteiger partial charge in [-0.15, -0.1) is 0 Å². The molecule has 2 heterocycles. The van der Waals surface area contributed by atoms with Gasteiger partial charge in [0.05, 0.1) is 29.7 Å². The number of nitriles is 1. The predicted octanol–water partition coefficient (Wildman–Crippen LogP) is 5.16. The maximum absolute atomic E-state index is 14.3. The molecule has 38 heavy (non-hydrogen) atoms. The molecule has 2 aromatic carbocycles. The molecular formula is C28H35Cl2F2N3O3. The Labute approximate surface area is 233 Å². The fourth-order valence-corrected chi connectivity index (χ4v) is 5.12. The van der Waals surface area contributed by atoms with Crippen molar-refractivity contribution in [2.24, 2.45) is 11.3 Å². The lowest BCUT2D eigenvalue weighted by atomic mass is 9.75. The first-order chi connectivity index (χ1) is 18.0. The molecule has 4 atom stereocenters. The molecule has 0 spiro atoms. The molecule has 0 aromatic heterocycles. The van der Waals surface area contributed by atoms with Gasteiger partial charge in [0.25, 0.3) is 0 Å². The van der Waals surface area contributed by atoms with Gasteiger partial charge in [-0.3, -0.25) is 9.69 Å². The Morgan fingerprint density at radius 3 is 2.55 bits per heavy atom. The van der Waals surface area contributed by atoms with E-state index in [1.807, 2.05) is 0 Å². The third kappa shape index (κ3) is 9.48. The first-order valence-electron chi connectivity index (χ1n) is 12.5. The Morgan fingerprint density at radius 2 is 1.97 bits per heavy atom. The molecule has 2 aliphatic rings. The van der Waals surface area contributed by atoms with Gasteiger partial charge in [0, 0.05) is 30.1 Å². The highest BCUT2D eigenvalue weighted by Gasteiger charge is 2.47. The number of carbonyl (C=O) groups excluding carboxylic acids is 1. The number of nitrogens with zero attached hydrogens (tertiary/aromatic N) is 2. The molecule has 2 saturated heterocycles. The smallest absolute Gasteiger partial charge is 0.207 e. The van der Waals surface area contributed by atoms with E-state index in [1.54, 1.807) is 30.3 Å². The lowest BCUT2D eigenvalue weighted by Gasteiger charge is -2.40. The van der Waals surface area contributed by atoms with Crippen LogP contribution in [0.15, 0.2) is 42.5 Å². The summed E-state index contributed by atoms with van der Waals surface area (Å²) in [6.45, 7) is 6.43. The van der Waals surface area contributed by atoms with E-state index in [-0.39, 0.29) is 46.6 Å². The summed E-state index contributed by atoms with van der Waals surface area (Å²) in [6.07, 6.45) is 2.38. The highest BCUT2D eigenvalue weighted by atomic mass is 35.5. The lowest BCUT2D eigenvalue weighted by molar-refractivity contribution is -0.109. The van der Waals surface area contributed by atoms with Crippen molar-refractivity contribution < 1.29 is 23.8 Å². The van der Waals surface area contributed by atoms with Crippen molar-refractivity contribution in [1.29, 1.82) is 5.26 Å². The number of hydrogen-bond acceptors (Lipinski definition) is 5. The molecule has 0 bridgehead atoms. The molecule has 10 heteroatoms. The van der Waals surface area contributed by atoms with E-state index in [0.717, 1.165) is 25.9 Å².